The van der Waals surface area contributed by atoms with E-state index < -0.39 is 17.7 Å². The molecule has 2 aromatic heterocycles. The van der Waals surface area contributed by atoms with Gasteiger partial charge in [0.25, 0.3) is 5.91 Å². The number of nitrogens with zero attached hydrogens (tertiary/aromatic N) is 4. The number of benzene rings is 5. The van der Waals surface area contributed by atoms with Crippen molar-refractivity contribution >= 4 is 46.0 Å². The number of fused-ring (bicyclic) bond motifs is 3. The summed E-state index contributed by atoms with van der Waals surface area (Å²) in [6.45, 7) is 9.05. The third-order valence-electron chi connectivity index (χ3n) is 12.1. The number of carboxylic acid groups (broad SMARTS) is 1. The first-order chi connectivity index (χ1) is 31.0. The van der Waals surface area contributed by atoms with Gasteiger partial charge in [-0.3, -0.25) is 9.48 Å². The topological polar surface area (TPSA) is 98.8 Å². The highest BCUT2D eigenvalue weighted by Crippen LogP contribution is 2.43. The van der Waals surface area contributed by atoms with Crippen molar-refractivity contribution in [3.05, 3.63) is 157 Å². The van der Waals surface area contributed by atoms with Crippen molar-refractivity contribution < 1.29 is 37.3 Å². The molecule has 1 N–H and O–H groups in total. The molecule has 0 atom stereocenters. The van der Waals surface area contributed by atoms with Crippen LogP contribution in [-0.2, 0) is 39.3 Å². The number of hydrogen-bond donors (Lipinski definition) is 1. The standard InChI is InChI=1S/C51H47Cl2F3N4O5/c1-29-22-39(23-30(2)46(29)53)64-21-8-11-40-41-17-18-43(52)45(44-31(3)57-58(5)32(44)4)47(41)60-20-9-19-59(49(61)48(40)60)27-33-24-36(26-37(25-33)50(62)63)34-13-15-38(16-14-34)65-28-35-10-6-7-12-42(35)51(54,55)56/h6-7,10,12-18,22-26H,8-9,11,19-21,27-28H2,1-5H3,(H,62,63). The number of rotatable bonds is 13. The first kappa shape index (κ1) is 45.3. The second kappa shape index (κ2) is 18.3. The van der Waals surface area contributed by atoms with Gasteiger partial charge in [0.15, 0.2) is 0 Å². The maximum atomic E-state index is 15.1. The summed E-state index contributed by atoms with van der Waals surface area (Å²) in [4.78, 5) is 29.4. The second-order valence-corrected chi connectivity index (χ2v) is 17.3. The van der Waals surface area contributed by atoms with E-state index in [1.165, 1.54) is 18.2 Å². The van der Waals surface area contributed by atoms with Crippen LogP contribution in [0.3, 0.4) is 0 Å². The molecule has 14 heteroatoms. The Morgan fingerprint density at radius 2 is 1.57 bits per heavy atom. The number of carboxylic acids is 1. The summed E-state index contributed by atoms with van der Waals surface area (Å²) in [5, 5.41) is 17.1. The van der Waals surface area contributed by atoms with E-state index in [9.17, 15) is 23.1 Å². The van der Waals surface area contributed by atoms with Crippen molar-refractivity contribution in [1.29, 1.82) is 0 Å². The van der Waals surface area contributed by atoms with Crippen LogP contribution in [0.15, 0.2) is 91.0 Å². The van der Waals surface area contributed by atoms with E-state index in [1.807, 2.05) is 69.8 Å². The van der Waals surface area contributed by atoms with Crippen LogP contribution in [0, 0.1) is 27.7 Å². The number of ether oxygens (including phenoxy) is 2. The molecule has 0 unspecified atom stereocenters. The smallest absolute Gasteiger partial charge is 0.416 e. The predicted molar refractivity (Wildman–Crippen MR) is 247 cm³/mol. The number of amides is 1. The summed E-state index contributed by atoms with van der Waals surface area (Å²) in [7, 11) is 1.90. The Kier molecular flexibility index (Phi) is 12.8. The number of hydrogen-bond acceptors (Lipinski definition) is 5. The molecule has 7 aromatic rings. The molecule has 9 nitrogen and oxygen atoms in total. The summed E-state index contributed by atoms with van der Waals surface area (Å²) in [6.07, 6.45) is -2.75. The molecular weight excluding hydrogens is 876 g/mol. The van der Waals surface area contributed by atoms with E-state index >= 15 is 4.79 Å². The third kappa shape index (κ3) is 9.19. The van der Waals surface area contributed by atoms with Crippen molar-refractivity contribution in [1.82, 2.24) is 19.2 Å². The van der Waals surface area contributed by atoms with Crippen LogP contribution < -0.4 is 9.47 Å². The van der Waals surface area contributed by atoms with Crippen LogP contribution in [0.5, 0.6) is 11.5 Å². The molecule has 5 aromatic carbocycles. The zero-order chi connectivity index (χ0) is 46.3. The lowest BCUT2D eigenvalue weighted by Gasteiger charge is -2.22. The van der Waals surface area contributed by atoms with Crippen molar-refractivity contribution in [2.75, 3.05) is 13.2 Å². The summed E-state index contributed by atoms with van der Waals surface area (Å²) in [5.74, 6) is -0.238. The fourth-order valence-electron chi connectivity index (χ4n) is 8.96. The van der Waals surface area contributed by atoms with Crippen LogP contribution in [-0.4, -0.2) is 49.4 Å². The normalized spacial score (nSPS) is 13.0. The molecule has 0 bridgehead atoms. The van der Waals surface area contributed by atoms with Crippen molar-refractivity contribution in [3.8, 4) is 33.8 Å². The Hall–Kier alpha value is -6.24. The van der Waals surface area contributed by atoms with Crippen LogP contribution in [0.1, 0.15) is 78.5 Å². The van der Waals surface area contributed by atoms with Gasteiger partial charge < -0.3 is 24.0 Å². The Bertz CT molecular complexity index is 2950. The molecule has 0 saturated heterocycles. The third-order valence-corrected chi connectivity index (χ3v) is 13.0. The lowest BCUT2D eigenvalue weighted by Crippen LogP contribution is -2.31. The largest absolute Gasteiger partial charge is 0.494 e. The molecule has 65 heavy (non-hydrogen) atoms. The molecule has 1 aliphatic rings. The van der Waals surface area contributed by atoms with E-state index in [4.69, 9.17) is 37.8 Å². The Morgan fingerprint density at radius 1 is 0.846 bits per heavy atom. The zero-order valence-electron chi connectivity index (χ0n) is 36.6. The van der Waals surface area contributed by atoms with Gasteiger partial charge in [0.2, 0.25) is 0 Å². The summed E-state index contributed by atoms with van der Waals surface area (Å²) in [6, 6.07) is 24.7. The minimum absolute atomic E-state index is 0.00894. The van der Waals surface area contributed by atoms with Gasteiger partial charge in [-0.05, 0) is 135 Å². The molecule has 8 rings (SSSR count). The zero-order valence-corrected chi connectivity index (χ0v) is 38.1. The number of aromatic carboxylic acids is 1. The van der Waals surface area contributed by atoms with Crippen molar-refractivity contribution in [2.24, 2.45) is 7.05 Å². The van der Waals surface area contributed by atoms with Gasteiger partial charge in [0.05, 0.1) is 34.0 Å². The molecule has 0 fully saturated rings. The summed E-state index contributed by atoms with van der Waals surface area (Å²) < 4.78 is 56.6. The van der Waals surface area contributed by atoms with Gasteiger partial charge in [0, 0.05) is 59.5 Å². The summed E-state index contributed by atoms with van der Waals surface area (Å²) in [5.41, 5.74) is 8.86. The van der Waals surface area contributed by atoms with E-state index in [0.717, 1.165) is 61.9 Å². The number of alkyl halides is 3. The molecule has 0 spiro atoms. The maximum Gasteiger partial charge on any atom is 0.416 e. The summed E-state index contributed by atoms with van der Waals surface area (Å²) >= 11 is 13.5. The van der Waals surface area contributed by atoms with Gasteiger partial charge in [-0.1, -0.05) is 59.6 Å². The fraction of sp³-hybridized carbons (Fsp3) is 0.275. The van der Waals surface area contributed by atoms with Crippen molar-refractivity contribution in [2.45, 2.75) is 72.8 Å². The predicted octanol–water partition coefficient (Wildman–Crippen LogP) is 12.6. The monoisotopic (exact) mass is 922 g/mol. The van der Waals surface area contributed by atoms with Gasteiger partial charge in [0.1, 0.15) is 23.8 Å². The quantitative estimate of drug-likeness (QED) is 0.116. The number of aryl methyl sites for hydroxylation is 6. The maximum absolute atomic E-state index is 15.1. The van der Waals surface area contributed by atoms with Crippen molar-refractivity contribution in [3.63, 3.8) is 0 Å². The highest BCUT2D eigenvalue weighted by Gasteiger charge is 2.34. The minimum atomic E-state index is -4.51. The van der Waals surface area contributed by atoms with E-state index in [2.05, 4.69) is 4.57 Å². The average Bonchev–Trinajstić information content (AvgIpc) is 3.65. The van der Waals surface area contributed by atoms with Crippen LogP contribution in [0.4, 0.5) is 13.2 Å². The fourth-order valence-corrected chi connectivity index (χ4v) is 9.31. The van der Waals surface area contributed by atoms with Gasteiger partial charge >= 0.3 is 12.1 Å². The van der Waals surface area contributed by atoms with E-state index in [-0.39, 0.29) is 30.2 Å². The van der Waals surface area contributed by atoms with E-state index in [1.54, 1.807) is 41.3 Å². The Labute approximate surface area is 384 Å². The lowest BCUT2D eigenvalue weighted by atomic mass is 9.98. The average molecular weight is 924 g/mol. The van der Waals surface area contributed by atoms with Gasteiger partial charge in [-0.15, -0.1) is 0 Å². The number of aromatic nitrogens is 3. The number of halogens is 5. The molecule has 3 heterocycles. The van der Waals surface area contributed by atoms with E-state index in [0.29, 0.717) is 77.1 Å². The number of carbonyl (C=O) groups excluding carboxylic acids is 1. The van der Waals surface area contributed by atoms with Crippen LogP contribution >= 0.6 is 23.2 Å². The molecule has 0 radical (unpaired) electrons. The van der Waals surface area contributed by atoms with Crippen LogP contribution in [0.25, 0.3) is 33.2 Å². The van der Waals surface area contributed by atoms with Gasteiger partial charge in [-0.2, -0.15) is 18.3 Å². The molecule has 0 aliphatic carbocycles. The molecular formula is C51H47Cl2F3N4O5. The molecule has 336 valence electrons. The minimum Gasteiger partial charge on any atom is -0.494 e. The lowest BCUT2D eigenvalue weighted by molar-refractivity contribution is -0.138. The highest BCUT2D eigenvalue weighted by molar-refractivity contribution is 6.35. The first-order valence-electron chi connectivity index (χ1n) is 21.3. The second-order valence-electron chi connectivity index (χ2n) is 16.6. The molecule has 1 aliphatic heterocycles. The Balaban J connectivity index is 1.11. The highest BCUT2D eigenvalue weighted by atomic mass is 35.5. The molecule has 0 saturated carbocycles. The number of carbonyl (C=O) groups is 2. The SMILES string of the molecule is Cc1cc(OCCCc2c3n(c4c(-c5c(C)nn(C)c5C)c(Cl)ccc24)CCCN(Cc2cc(C(=O)O)cc(-c4ccc(OCc5ccccc5C(F)(F)F)cc4)c2)C3=O)cc(C)c1Cl. The Morgan fingerprint density at radius 3 is 2.25 bits per heavy atom. The molecule has 1 amide bonds. The van der Waals surface area contributed by atoms with Crippen LogP contribution in [0.2, 0.25) is 10.0 Å². The first-order valence-corrected chi connectivity index (χ1v) is 22.0. The van der Waals surface area contributed by atoms with Gasteiger partial charge in [-0.25, -0.2) is 4.79 Å².